The Kier molecular flexibility index (Phi) is 9.27. The van der Waals surface area contributed by atoms with E-state index in [9.17, 15) is 18.0 Å². The van der Waals surface area contributed by atoms with Crippen molar-refractivity contribution in [2.45, 2.75) is 70.6 Å². The second-order valence-electron chi connectivity index (χ2n) is 8.37. The van der Waals surface area contributed by atoms with Crippen molar-refractivity contribution in [1.29, 1.82) is 0 Å². The van der Waals surface area contributed by atoms with Crippen LogP contribution in [0, 0.1) is 0 Å². The van der Waals surface area contributed by atoms with Crippen LogP contribution in [0.4, 0.5) is 5.00 Å². The van der Waals surface area contributed by atoms with Gasteiger partial charge in [0.15, 0.2) is 0 Å². The summed E-state index contributed by atoms with van der Waals surface area (Å²) >= 11 is 1.44. The van der Waals surface area contributed by atoms with Crippen LogP contribution in [-0.2, 0) is 27.6 Å². The number of nitrogens with one attached hydrogen (secondary N) is 1. The first-order valence-corrected chi connectivity index (χ1v) is 14.3. The van der Waals surface area contributed by atoms with Gasteiger partial charge in [-0.25, -0.2) is 13.2 Å². The Morgan fingerprint density at radius 2 is 1.65 bits per heavy atom. The summed E-state index contributed by atoms with van der Waals surface area (Å²) in [5.74, 6) is -0.796. The van der Waals surface area contributed by atoms with Crippen molar-refractivity contribution in [1.82, 2.24) is 4.31 Å². The number of carbonyl (C=O) groups is 2. The molecule has 1 aliphatic rings. The average Bonchev–Trinajstić information content (AvgIpc) is 2.99. The first kappa shape index (κ1) is 26.4. The van der Waals surface area contributed by atoms with Gasteiger partial charge in [0.2, 0.25) is 10.0 Å². The van der Waals surface area contributed by atoms with E-state index < -0.39 is 16.0 Å². The number of hydrogen-bond donors (Lipinski definition) is 1. The minimum atomic E-state index is -3.61. The van der Waals surface area contributed by atoms with E-state index in [1.54, 1.807) is 6.92 Å². The van der Waals surface area contributed by atoms with Gasteiger partial charge in [0, 0.05) is 23.5 Å². The maximum Gasteiger partial charge on any atom is 0.341 e. The van der Waals surface area contributed by atoms with Gasteiger partial charge in [0.1, 0.15) is 5.00 Å². The van der Waals surface area contributed by atoms with Crippen LogP contribution >= 0.6 is 11.3 Å². The summed E-state index contributed by atoms with van der Waals surface area (Å²) in [6.07, 6.45) is 6.34. The van der Waals surface area contributed by atoms with Gasteiger partial charge in [-0.1, -0.05) is 20.3 Å². The topological polar surface area (TPSA) is 92.8 Å². The second kappa shape index (κ2) is 12.0. The van der Waals surface area contributed by atoms with Crippen molar-refractivity contribution in [3.63, 3.8) is 0 Å². The van der Waals surface area contributed by atoms with E-state index in [0.717, 1.165) is 55.4 Å². The number of aryl methyl sites for hydroxylation is 1. The Labute approximate surface area is 206 Å². The van der Waals surface area contributed by atoms with E-state index in [4.69, 9.17) is 4.74 Å². The zero-order chi connectivity index (χ0) is 24.7. The molecule has 0 saturated heterocycles. The molecular formula is C25H34N2O5S2. The molecule has 1 heterocycles. The van der Waals surface area contributed by atoms with Crippen molar-refractivity contribution in [3.8, 4) is 0 Å². The first-order valence-electron chi connectivity index (χ1n) is 12.1. The molecule has 2 aromatic rings. The predicted octanol–water partition coefficient (Wildman–Crippen LogP) is 5.26. The van der Waals surface area contributed by atoms with Crippen LogP contribution in [0.2, 0.25) is 0 Å². The fourth-order valence-electron chi connectivity index (χ4n) is 4.20. The number of esters is 1. The molecule has 0 spiro atoms. The van der Waals surface area contributed by atoms with Crippen molar-refractivity contribution in [2.75, 3.05) is 25.0 Å². The lowest BCUT2D eigenvalue weighted by Crippen LogP contribution is -2.32. The molecule has 1 N–H and O–H groups in total. The Bertz CT molecular complexity index is 1100. The highest BCUT2D eigenvalue weighted by Gasteiger charge is 2.27. The summed E-state index contributed by atoms with van der Waals surface area (Å²) in [4.78, 5) is 27.0. The highest BCUT2D eigenvalue weighted by molar-refractivity contribution is 7.89. The summed E-state index contributed by atoms with van der Waals surface area (Å²) in [6.45, 7) is 6.83. The quantitative estimate of drug-likeness (QED) is 0.351. The van der Waals surface area contributed by atoms with Gasteiger partial charge < -0.3 is 10.1 Å². The standard InChI is InChI=1S/C25H34N2O5S2/c1-4-16-27(17-5-2)34(30,31)19-14-12-18(13-15-19)23(28)26-24-22(25(29)32-6-3)20-10-8-7-9-11-21(20)33-24/h12-15H,4-11,16-17H2,1-3H3,(H,26,28). The number of anilines is 1. The predicted molar refractivity (Wildman–Crippen MR) is 135 cm³/mol. The van der Waals surface area contributed by atoms with E-state index >= 15 is 0 Å². The molecule has 3 rings (SSSR count). The largest absolute Gasteiger partial charge is 0.462 e. The number of thiophene rings is 1. The summed E-state index contributed by atoms with van der Waals surface area (Å²) in [5.41, 5.74) is 1.78. The monoisotopic (exact) mass is 506 g/mol. The van der Waals surface area contributed by atoms with Crippen LogP contribution in [0.3, 0.4) is 0 Å². The lowest BCUT2D eigenvalue weighted by molar-refractivity contribution is 0.0527. The van der Waals surface area contributed by atoms with Crippen molar-refractivity contribution in [3.05, 3.63) is 45.8 Å². The molecule has 0 saturated carbocycles. The molecule has 34 heavy (non-hydrogen) atoms. The Morgan fingerprint density at radius 3 is 2.26 bits per heavy atom. The van der Waals surface area contributed by atoms with Crippen LogP contribution in [0.1, 0.15) is 84.0 Å². The molecule has 9 heteroatoms. The highest BCUT2D eigenvalue weighted by Crippen LogP contribution is 2.38. The van der Waals surface area contributed by atoms with Crippen LogP contribution in [0.25, 0.3) is 0 Å². The molecule has 7 nitrogen and oxygen atoms in total. The van der Waals surface area contributed by atoms with E-state index in [2.05, 4.69) is 5.32 Å². The smallest absolute Gasteiger partial charge is 0.341 e. The highest BCUT2D eigenvalue weighted by atomic mass is 32.2. The number of fused-ring (bicyclic) bond motifs is 1. The number of ether oxygens (including phenoxy) is 1. The molecule has 0 unspecified atom stereocenters. The number of hydrogen-bond acceptors (Lipinski definition) is 6. The van der Waals surface area contributed by atoms with Gasteiger partial charge in [-0.3, -0.25) is 4.79 Å². The minimum absolute atomic E-state index is 0.168. The zero-order valence-corrected chi connectivity index (χ0v) is 21.8. The molecule has 1 aromatic heterocycles. The molecule has 0 atom stereocenters. The first-order chi connectivity index (χ1) is 16.3. The molecule has 0 bridgehead atoms. The van der Waals surface area contributed by atoms with Gasteiger partial charge in [-0.05, 0) is 75.3 Å². The maximum absolute atomic E-state index is 13.0. The molecule has 1 amide bonds. The van der Waals surface area contributed by atoms with Gasteiger partial charge in [-0.2, -0.15) is 4.31 Å². The fraction of sp³-hybridized carbons (Fsp3) is 0.520. The average molecular weight is 507 g/mol. The molecular weight excluding hydrogens is 472 g/mol. The van der Waals surface area contributed by atoms with Crippen molar-refractivity contribution in [2.24, 2.45) is 0 Å². The lowest BCUT2D eigenvalue weighted by Gasteiger charge is -2.21. The molecule has 0 radical (unpaired) electrons. The minimum Gasteiger partial charge on any atom is -0.462 e. The number of rotatable bonds is 10. The number of sulfonamides is 1. The Morgan fingerprint density at radius 1 is 1.00 bits per heavy atom. The Balaban J connectivity index is 1.84. The van der Waals surface area contributed by atoms with Crippen molar-refractivity contribution < 1.29 is 22.7 Å². The lowest BCUT2D eigenvalue weighted by atomic mass is 10.1. The zero-order valence-electron chi connectivity index (χ0n) is 20.2. The van der Waals surface area contributed by atoms with E-state index in [1.807, 2.05) is 13.8 Å². The summed E-state index contributed by atoms with van der Waals surface area (Å²) < 4.78 is 32.7. The third-order valence-electron chi connectivity index (χ3n) is 5.83. The molecule has 1 aliphatic carbocycles. The SMILES string of the molecule is CCCN(CCC)S(=O)(=O)c1ccc(C(=O)Nc2sc3c(c2C(=O)OCC)CCCCC3)cc1. The van der Waals surface area contributed by atoms with E-state index in [1.165, 1.54) is 39.9 Å². The van der Waals surface area contributed by atoms with Crippen LogP contribution < -0.4 is 5.32 Å². The maximum atomic E-state index is 13.0. The number of benzene rings is 1. The van der Waals surface area contributed by atoms with Gasteiger partial charge in [0.25, 0.3) is 5.91 Å². The van der Waals surface area contributed by atoms with Crippen molar-refractivity contribution >= 4 is 38.2 Å². The molecule has 186 valence electrons. The number of carbonyl (C=O) groups excluding carboxylic acids is 2. The summed E-state index contributed by atoms with van der Waals surface area (Å²) in [6, 6.07) is 5.97. The van der Waals surface area contributed by atoms with E-state index in [0.29, 0.717) is 29.2 Å². The van der Waals surface area contributed by atoms with Gasteiger partial charge >= 0.3 is 5.97 Å². The third-order valence-corrected chi connectivity index (χ3v) is 8.95. The fourth-order valence-corrected chi connectivity index (χ4v) is 7.10. The van der Waals surface area contributed by atoms with Gasteiger partial charge in [-0.15, -0.1) is 11.3 Å². The number of nitrogens with zero attached hydrogens (tertiary/aromatic N) is 1. The van der Waals surface area contributed by atoms with Crippen LogP contribution in [0.15, 0.2) is 29.2 Å². The second-order valence-corrected chi connectivity index (χ2v) is 11.4. The molecule has 0 aliphatic heterocycles. The van der Waals surface area contributed by atoms with Crippen LogP contribution in [0.5, 0.6) is 0 Å². The molecule has 1 aromatic carbocycles. The summed E-state index contributed by atoms with van der Waals surface area (Å²) in [5, 5.41) is 3.39. The third kappa shape index (κ3) is 5.87. The summed E-state index contributed by atoms with van der Waals surface area (Å²) in [7, 11) is -3.61. The molecule has 0 fully saturated rings. The Hall–Kier alpha value is -2.23. The number of amides is 1. The van der Waals surface area contributed by atoms with Gasteiger partial charge in [0.05, 0.1) is 17.1 Å². The van der Waals surface area contributed by atoms with E-state index in [-0.39, 0.29) is 17.4 Å². The normalized spacial score (nSPS) is 13.9. The van der Waals surface area contributed by atoms with Crippen LogP contribution in [-0.4, -0.2) is 44.3 Å².